The molecule has 0 amide bonds. The van der Waals surface area contributed by atoms with Crippen molar-refractivity contribution in [3.8, 4) is 5.75 Å². The van der Waals surface area contributed by atoms with Crippen molar-refractivity contribution in [3.05, 3.63) is 101 Å². The number of allylic oxidation sites excluding steroid dienone is 1. The van der Waals surface area contributed by atoms with Crippen LogP contribution in [-0.2, 0) is 0 Å². The van der Waals surface area contributed by atoms with Gasteiger partial charge in [-0.25, -0.2) is 0 Å². The van der Waals surface area contributed by atoms with Crippen molar-refractivity contribution in [3.63, 3.8) is 0 Å². The predicted molar refractivity (Wildman–Crippen MR) is 103 cm³/mol. The van der Waals surface area contributed by atoms with Crippen molar-refractivity contribution >= 4 is 26.0 Å². The minimum atomic E-state index is 0.241. The molecule has 3 aromatic rings. The summed E-state index contributed by atoms with van der Waals surface area (Å²) in [5, 5.41) is 0. The molecule has 2 heteroatoms. The third-order valence-electron chi connectivity index (χ3n) is 4.57. The van der Waals surface area contributed by atoms with Gasteiger partial charge >= 0.3 is 0 Å². The van der Waals surface area contributed by atoms with E-state index < -0.39 is 0 Å². The van der Waals surface area contributed by atoms with Gasteiger partial charge in [0.2, 0.25) is 0 Å². The molecule has 118 valence electrons. The third kappa shape index (κ3) is 2.47. The van der Waals surface area contributed by atoms with Crippen LogP contribution in [0.3, 0.4) is 0 Å². The number of methoxy groups -OCH3 is 1. The molecule has 0 N–H and O–H groups in total. The quantitative estimate of drug-likeness (QED) is 0.536. The molecule has 1 aliphatic carbocycles. The first-order valence-electron chi connectivity index (χ1n) is 7.98. The fourth-order valence-corrected chi connectivity index (χ4v) is 4.25. The molecule has 1 nitrogen and oxygen atoms in total. The van der Waals surface area contributed by atoms with Gasteiger partial charge in [0.25, 0.3) is 0 Å². The number of rotatable bonds is 3. The molecule has 0 aliphatic heterocycles. The summed E-state index contributed by atoms with van der Waals surface area (Å²) in [6.45, 7) is 0. The van der Waals surface area contributed by atoms with Gasteiger partial charge in [-0.3, -0.25) is 0 Å². The Morgan fingerprint density at radius 1 is 0.792 bits per heavy atom. The van der Waals surface area contributed by atoms with Crippen LogP contribution in [0.5, 0.6) is 5.75 Å². The SMILES string of the molecule is COc1ccc(C2=C(Br)c3ccccc3C2c2ccccc2)cc1. The van der Waals surface area contributed by atoms with Crippen molar-refractivity contribution in [2.75, 3.05) is 7.11 Å². The Bertz CT molecular complexity index is 895. The summed E-state index contributed by atoms with van der Waals surface area (Å²) in [4.78, 5) is 0. The Morgan fingerprint density at radius 3 is 2.17 bits per heavy atom. The molecule has 24 heavy (non-hydrogen) atoms. The fraction of sp³-hybridized carbons (Fsp3) is 0.0909. The smallest absolute Gasteiger partial charge is 0.118 e. The van der Waals surface area contributed by atoms with Crippen LogP contribution in [0.15, 0.2) is 78.9 Å². The molecule has 0 heterocycles. The van der Waals surface area contributed by atoms with E-state index in [1.165, 1.54) is 32.3 Å². The molecule has 0 fully saturated rings. The summed E-state index contributed by atoms with van der Waals surface area (Å²) in [7, 11) is 1.70. The second-order valence-corrected chi connectivity index (χ2v) is 6.68. The number of ether oxygens (including phenoxy) is 1. The van der Waals surface area contributed by atoms with Crippen LogP contribution in [0.4, 0.5) is 0 Å². The van der Waals surface area contributed by atoms with Crippen LogP contribution in [0.25, 0.3) is 10.1 Å². The monoisotopic (exact) mass is 376 g/mol. The maximum Gasteiger partial charge on any atom is 0.118 e. The summed E-state index contributed by atoms with van der Waals surface area (Å²) in [6.07, 6.45) is 0. The summed E-state index contributed by atoms with van der Waals surface area (Å²) in [5.74, 6) is 1.12. The molecular weight excluding hydrogens is 360 g/mol. The zero-order chi connectivity index (χ0) is 16.5. The van der Waals surface area contributed by atoms with E-state index in [1.807, 2.05) is 12.1 Å². The average molecular weight is 377 g/mol. The van der Waals surface area contributed by atoms with E-state index in [0.29, 0.717) is 0 Å². The summed E-state index contributed by atoms with van der Waals surface area (Å²) in [6, 6.07) is 27.6. The van der Waals surface area contributed by atoms with E-state index in [-0.39, 0.29) is 5.92 Å². The van der Waals surface area contributed by atoms with Crippen LogP contribution in [0.1, 0.15) is 28.2 Å². The first-order chi connectivity index (χ1) is 11.8. The van der Waals surface area contributed by atoms with Crippen LogP contribution in [0, 0.1) is 0 Å². The highest BCUT2D eigenvalue weighted by molar-refractivity contribution is 9.15. The minimum Gasteiger partial charge on any atom is -0.497 e. The molecule has 4 rings (SSSR count). The third-order valence-corrected chi connectivity index (χ3v) is 5.42. The van der Waals surface area contributed by atoms with Gasteiger partial charge in [-0.15, -0.1) is 0 Å². The summed E-state index contributed by atoms with van der Waals surface area (Å²) >= 11 is 3.86. The Kier molecular flexibility index (Phi) is 3.99. The van der Waals surface area contributed by atoms with Gasteiger partial charge in [0.1, 0.15) is 5.75 Å². The van der Waals surface area contributed by atoms with Crippen molar-refractivity contribution in [1.29, 1.82) is 0 Å². The lowest BCUT2D eigenvalue weighted by atomic mass is 9.85. The second kappa shape index (κ2) is 6.29. The van der Waals surface area contributed by atoms with Crippen LogP contribution >= 0.6 is 15.9 Å². The lowest BCUT2D eigenvalue weighted by Gasteiger charge is -2.18. The van der Waals surface area contributed by atoms with Crippen molar-refractivity contribution < 1.29 is 4.74 Å². The molecule has 0 bridgehead atoms. The topological polar surface area (TPSA) is 9.23 Å². The van der Waals surface area contributed by atoms with Gasteiger partial charge in [0.05, 0.1) is 7.11 Å². The molecule has 1 aliphatic rings. The van der Waals surface area contributed by atoms with E-state index >= 15 is 0 Å². The molecule has 3 aromatic carbocycles. The predicted octanol–water partition coefficient (Wildman–Crippen LogP) is 6.10. The van der Waals surface area contributed by atoms with Gasteiger partial charge in [-0.2, -0.15) is 0 Å². The Morgan fingerprint density at radius 2 is 1.46 bits per heavy atom. The van der Waals surface area contributed by atoms with Crippen LogP contribution < -0.4 is 4.74 Å². The number of hydrogen-bond acceptors (Lipinski definition) is 1. The van der Waals surface area contributed by atoms with E-state index in [9.17, 15) is 0 Å². The normalized spacial score (nSPS) is 16.2. The number of halogens is 1. The maximum atomic E-state index is 5.30. The second-order valence-electron chi connectivity index (χ2n) is 5.89. The Hall–Kier alpha value is -2.32. The molecule has 0 saturated heterocycles. The van der Waals surface area contributed by atoms with Crippen LogP contribution in [-0.4, -0.2) is 7.11 Å². The Labute approximate surface area is 150 Å². The molecule has 1 unspecified atom stereocenters. The largest absolute Gasteiger partial charge is 0.497 e. The van der Waals surface area contributed by atoms with Crippen molar-refractivity contribution in [2.24, 2.45) is 0 Å². The Balaban J connectivity index is 1.91. The van der Waals surface area contributed by atoms with Crippen LogP contribution in [0.2, 0.25) is 0 Å². The molecule has 0 spiro atoms. The highest BCUT2D eigenvalue weighted by atomic mass is 79.9. The highest BCUT2D eigenvalue weighted by Crippen LogP contribution is 2.52. The first-order valence-corrected chi connectivity index (χ1v) is 8.77. The van der Waals surface area contributed by atoms with Gasteiger partial charge in [0, 0.05) is 10.4 Å². The lowest BCUT2D eigenvalue weighted by Crippen LogP contribution is -2.01. The zero-order valence-electron chi connectivity index (χ0n) is 13.4. The minimum absolute atomic E-state index is 0.241. The van der Waals surface area contributed by atoms with Gasteiger partial charge in [-0.1, -0.05) is 66.7 Å². The standard InChI is InChI=1S/C22H17BrO/c1-24-17-13-11-16(12-14-17)21-20(15-7-3-2-4-8-15)18-9-5-6-10-19(18)22(21)23/h2-14,20H,1H3. The fourth-order valence-electron chi connectivity index (χ4n) is 3.43. The van der Waals surface area contributed by atoms with E-state index in [1.54, 1.807) is 7.11 Å². The number of hydrogen-bond donors (Lipinski definition) is 0. The van der Waals surface area contributed by atoms with Gasteiger partial charge in [0.15, 0.2) is 0 Å². The van der Waals surface area contributed by atoms with Gasteiger partial charge < -0.3 is 4.74 Å². The zero-order valence-corrected chi connectivity index (χ0v) is 15.0. The first kappa shape index (κ1) is 15.2. The molecular formula is C22H17BrO. The number of fused-ring (bicyclic) bond motifs is 1. The maximum absolute atomic E-state index is 5.30. The summed E-state index contributed by atoms with van der Waals surface area (Å²) < 4.78 is 6.48. The van der Waals surface area contributed by atoms with Gasteiger partial charge in [-0.05, 0) is 55.9 Å². The highest BCUT2D eigenvalue weighted by Gasteiger charge is 2.31. The molecule has 0 aromatic heterocycles. The lowest BCUT2D eigenvalue weighted by molar-refractivity contribution is 0.415. The van der Waals surface area contributed by atoms with E-state index in [0.717, 1.165) is 5.75 Å². The van der Waals surface area contributed by atoms with E-state index in [2.05, 4.69) is 82.7 Å². The van der Waals surface area contributed by atoms with E-state index in [4.69, 9.17) is 4.74 Å². The number of benzene rings is 3. The average Bonchev–Trinajstić information content (AvgIpc) is 2.95. The molecule has 0 radical (unpaired) electrons. The van der Waals surface area contributed by atoms with Crippen molar-refractivity contribution in [1.82, 2.24) is 0 Å². The van der Waals surface area contributed by atoms with Crippen molar-refractivity contribution in [2.45, 2.75) is 5.92 Å². The summed E-state index contributed by atoms with van der Waals surface area (Å²) in [5.41, 5.74) is 6.46. The molecule has 1 atom stereocenters. The molecule has 0 saturated carbocycles.